The van der Waals surface area contributed by atoms with Crippen molar-refractivity contribution in [3.05, 3.63) is 95.1 Å². The van der Waals surface area contributed by atoms with Crippen molar-refractivity contribution >= 4 is 11.9 Å². The number of rotatable bonds is 4. The molecule has 0 bridgehead atoms. The van der Waals surface area contributed by atoms with E-state index in [4.69, 9.17) is 4.74 Å². The van der Waals surface area contributed by atoms with Gasteiger partial charge >= 0.3 is 6.09 Å². The summed E-state index contributed by atoms with van der Waals surface area (Å²) in [5.74, 6) is 5.86. The second kappa shape index (κ2) is 8.67. The van der Waals surface area contributed by atoms with Gasteiger partial charge in [0.05, 0.1) is 6.54 Å². The molecule has 4 heteroatoms. The maximum absolute atomic E-state index is 12.1. The quantitative estimate of drug-likeness (QED) is 0.511. The van der Waals surface area contributed by atoms with Gasteiger partial charge in [-0.25, -0.2) is 4.79 Å². The molecule has 0 unspecified atom stereocenters. The lowest BCUT2D eigenvalue weighted by Gasteiger charge is -2.14. The first-order chi connectivity index (χ1) is 14.6. The van der Waals surface area contributed by atoms with Crippen LogP contribution >= 0.6 is 0 Å². The molecule has 0 heterocycles. The number of carbonyl (C=O) groups is 2. The third kappa shape index (κ3) is 4.11. The summed E-state index contributed by atoms with van der Waals surface area (Å²) >= 11 is 0. The number of hydrogen-bond acceptors (Lipinski definition) is 3. The Morgan fingerprint density at radius 1 is 0.933 bits per heavy atom. The fraction of sp³-hybridized carbons (Fsp3) is 0.154. The van der Waals surface area contributed by atoms with Crippen LogP contribution in [0.4, 0.5) is 4.79 Å². The van der Waals surface area contributed by atoms with Crippen LogP contribution < -0.4 is 5.32 Å². The number of ketones is 1. The van der Waals surface area contributed by atoms with E-state index in [2.05, 4.69) is 41.4 Å². The molecule has 30 heavy (non-hydrogen) atoms. The summed E-state index contributed by atoms with van der Waals surface area (Å²) < 4.78 is 5.48. The van der Waals surface area contributed by atoms with E-state index in [1.807, 2.05) is 30.3 Å². The standard InChI is InChI=1S/C26H21NO3/c1-18(28)20-10-6-8-19(16-20)9-7-15-27-26(29)30-17-25-23-13-4-2-11-21(23)22-12-3-5-14-24(22)25/h2-6,8,10-14,16,25H,15,17H2,1H3,(H,27,29). The predicted molar refractivity (Wildman–Crippen MR) is 116 cm³/mol. The number of hydrogen-bond donors (Lipinski definition) is 1. The van der Waals surface area contributed by atoms with E-state index in [1.54, 1.807) is 18.2 Å². The Balaban J connectivity index is 1.34. The molecule has 148 valence electrons. The van der Waals surface area contributed by atoms with Crippen molar-refractivity contribution in [3.8, 4) is 23.0 Å². The molecule has 0 aliphatic heterocycles. The van der Waals surface area contributed by atoms with E-state index in [0.29, 0.717) is 5.56 Å². The lowest BCUT2D eigenvalue weighted by atomic mass is 9.98. The van der Waals surface area contributed by atoms with E-state index in [0.717, 1.165) is 5.56 Å². The molecule has 0 fully saturated rings. The van der Waals surface area contributed by atoms with Gasteiger partial charge in [-0.15, -0.1) is 0 Å². The Hall–Kier alpha value is -3.84. The first kappa shape index (κ1) is 19.5. The van der Waals surface area contributed by atoms with Crippen molar-refractivity contribution in [1.29, 1.82) is 0 Å². The van der Waals surface area contributed by atoms with Crippen LogP contribution in [0.1, 0.15) is 39.9 Å². The van der Waals surface area contributed by atoms with Crippen LogP contribution in [0.15, 0.2) is 72.8 Å². The van der Waals surface area contributed by atoms with E-state index >= 15 is 0 Å². The third-order valence-electron chi connectivity index (χ3n) is 5.17. The van der Waals surface area contributed by atoms with Gasteiger partial charge in [-0.2, -0.15) is 0 Å². The maximum atomic E-state index is 12.1. The molecular formula is C26H21NO3. The van der Waals surface area contributed by atoms with Crippen LogP contribution in [-0.2, 0) is 4.74 Å². The van der Waals surface area contributed by atoms with Crippen LogP contribution in [0.3, 0.4) is 0 Å². The van der Waals surface area contributed by atoms with Crippen molar-refractivity contribution in [2.24, 2.45) is 0 Å². The molecule has 1 amide bonds. The molecule has 0 aromatic heterocycles. The van der Waals surface area contributed by atoms with Crippen LogP contribution in [0.5, 0.6) is 0 Å². The molecule has 3 aromatic carbocycles. The van der Waals surface area contributed by atoms with E-state index in [9.17, 15) is 9.59 Å². The Morgan fingerprint density at radius 2 is 1.60 bits per heavy atom. The second-order valence-corrected chi connectivity index (χ2v) is 7.12. The summed E-state index contributed by atoms with van der Waals surface area (Å²) in [5, 5.41) is 2.66. The van der Waals surface area contributed by atoms with E-state index < -0.39 is 6.09 Å². The molecule has 0 atom stereocenters. The van der Waals surface area contributed by atoms with Gasteiger partial charge in [0.1, 0.15) is 6.61 Å². The number of fused-ring (bicyclic) bond motifs is 3. The lowest BCUT2D eigenvalue weighted by molar-refractivity contribution is 0.101. The van der Waals surface area contributed by atoms with Gasteiger partial charge in [0.25, 0.3) is 0 Å². The van der Waals surface area contributed by atoms with Gasteiger partial charge in [0.15, 0.2) is 5.78 Å². The van der Waals surface area contributed by atoms with Crippen molar-refractivity contribution in [1.82, 2.24) is 5.32 Å². The van der Waals surface area contributed by atoms with Crippen molar-refractivity contribution in [2.75, 3.05) is 13.2 Å². The summed E-state index contributed by atoms with van der Waals surface area (Å²) in [6.45, 7) is 1.96. The predicted octanol–water partition coefficient (Wildman–Crippen LogP) is 4.78. The minimum absolute atomic E-state index is 0.00425. The molecule has 1 aliphatic carbocycles. The first-order valence-corrected chi connectivity index (χ1v) is 9.82. The molecular weight excluding hydrogens is 374 g/mol. The number of carbonyl (C=O) groups excluding carboxylic acids is 2. The van der Waals surface area contributed by atoms with E-state index in [-0.39, 0.29) is 24.9 Å². The molecule has 0 saturated heterocycles. The average molecular weight is 395 g/mol. The van der Waals surface area contributed by atoms with Crippen LogP contribution in [0.2, 0.25) is 0 Å². The third-order valence-corrected chi connectivity index (χ3v) is 5.17. The van der Waals surface area contributed by atoms with Gasteiger partial charge in [-0.05, 0) is 41.3 Å². The Bertz CT molecular complexity index is 1120. The van der Waals surface area contributed by atoms with Gasteiger partial charge in [-0.1, -0.05) is 72.5 Å². The van der Waals surface area contributed by atoms with Crippen LogP contribution in [0.25, 0.3) is 11.1 Å². The Labute approximate surface area is 175 Å². The molecule has 3 aromatic rings. The molecule has 0 saturated carbocycles. The number of ether oxygens (including phenoxy) is 1. The number of alkyl carbamates (subject to hydrolysis) is 1. The monoisotopic (exact) mass is 395 g/mol. The van der Waals surface area contributed by atoms with Crippen molar-refractivity contribution in [2.45, 2.75) is 12.8 Å². The Kier molecular flexibility index (Phi) is 5.63. The van der Waals surface area contributed by atoms with Gasteiger partial charge in [-0.3, -0.25) is 4.79 Å². The summed E-state index contributed by atoms with van der Waals surface area (Å²) in [6, 6.07) is 23.5. The summed E-state index contributed by atoms with van der Waals surface area (Å²) in [4.78, 5) is 23.6. The van der Waals surface area contributed by atoms with Crippen molar-refractivity contribution in [3.63, 3.8) is 0 Å². The van der Waals surface area contributed by atoms with Crippen LogP contribution in [-0.4, -0.2) is 25.0 Å². The summed E-state index contributed by atoms with van der Waals surface area (Å²) in [5.41, 5.74) is 6.10. The largest absolute Gasteiger partial charge is 0.449 e. The lowest BCUT2D eigenvalue weighted by Crippen LogP contribution is -2.26. The smallest absolute Gasteiger partial charge is 0.407 e. The molecule has 0 radical (unpaired) electrons. The first-order valence-electron chi connectivity index (χ1n) is 9.82. The fourth-order valence-electron chi connectivity index (χ4n) is 3.73. The normalized spacial score (nSPS) is 11.6. The van der Waals surface area contributed by atoms with Gasteiger partial charge in [0.2, 0.25) is 0 Å². The highest BCUT2D eigenvalue weighted by Gasteiger charge is 2.28. The number of amides is 1. The number of nitrogens with one attached hydrogen (secondary N) is 1. The fourth-order valence-corrected chi connectivity index (χ4v) is 3.73. The summed E-state index contributed by atoms with van der Waals surface area (Å²) in [6.07, 6.45) is -0.497. The highest BCUT2D eigenvalue weighted by atomic mass is 16.5. The topological polar surface area (TPSA) is 55.4 Å². The SMILES string of the molecule is CC(=O)c1cccc(C#CCNC(=O)OCC2c3ccccc3-c3ccccc32)c1. The minimum atomic E-state index is -0.497. The minimum Gasteiger partial charge on any atom is -0.449 e. The van der Waals surface area contributed by atoms with Gasteiger partial charge in [0, 0.05) is 17.0 Å². The zero-order chi connectivity index (χ0) is 20.9. The molecule has 4 rings (SSSR count). The highest BCUT2D eigenvalue weighted by Crippen LogP contribution is 2.44. The second-order valence-electron chi connectivity index (χ2n) is 7.12. The average Bonchev–Trinajstić information content (AvgIpc) is 3.09. The van der Waals surface area contributed by atoms with Crippen LogP contribution in [0, 0.1) is 11.8 Å². The Morgan fingerprint density at radius 3 is 2.27 bits per heavy atom. The molecule has 1 aliphatic rings. The highest BCUT2D eigenvalue weighted by molar-refractivity contribution is 5.94. The maximum Gasteiger partial charge on any atom is 0.407 e. The van der Waals surface area contributed by atoms with Gasteiger partial charge < -0.3 is 10.1 Å². The molecule has 4 nitrogen and oxygen atoms in total. The number of Topliss-reactive ketones (excluding diaryl/α,β-unsaturated/α-hetero) is 1. The number of benzene rings is 3. The molecule has 0 spiro atoms. The van der Waals surface area contributed by atoms with Crippen molar-refractivity contribution < 1.29 is 14.3 Å². The van der Waals surface area contributed by atoms with E-state index in [1.165, 1.54) is 29.2 Å². The zero-order valence-electron chi connectivity index (χ0n) is 16.6. The zero-order valence-corrected chi connectivity index (χ0v) is 16.6. The summed E-state index contributed by atoms with van der Waals surface area (Å²) in [7, 11) is 0. The molecule has 1 N–H and O–H groups in total.